The molecule has 0 fully saturated rings. The van der Waals surface area contributed by atoms with Crippen molar-refractivity contribution in [2.45, 2.75) is 18.8 Å². The van der Waals surface area contributed by atoms with Crippen LogP contribution in [-0.4, -0.2) is 22.7 Å². The minimum Gasteiger partial charge on any atom is -0.493 e. The van der Waals surface area contributed by atoms with Crippen LogP contribution in [-0.2, 0) is 5.41 Å². The molecule has 1 aliphatic rings. The summed E-state index contributed by atoms with van der Waals surface area (Å²) in [7, 11) is 0. The second-order valence-electron chi connectivity index (χ2n) is 7.66. The smallest absolute Gasteiger partial charge is 0.185 e. The zero-order valence-electron chi connectivity index (χ0n) is 17.8. The fourth-order valence-corrected chi connectivity index (χ4v) is 5.04. The maximum Gasteiger partial charge on any atom is 0.185 e. The van der Waals surface area contributed by atoms with Gasteiger partial charge < -0.3 is 4.74 Å². The monoisotopic (exact) mass is 505 g/mol. The van der Waals surface area contributed by atoms with Gasteiger partial charge in [-0.2, -0.15) is 0 Å². The van der Waals surface area contributed by atoms with Crippen molar-refractivity contribution in [2.75, 3.05) is 11.9 Å². The molecule has 0 saturated carbocycles. The number of aryl methyl sites for hydroxylation is 1. The molecule has 2 aromatic carbocycles. The van der Waals surface area contributed by atoms with Crippen LogP contribution in [0.4, 0.5) is 0 Å². The van der Waals surface area contributed by atoms with Crippen molar-refractivity contribution in [2.24, 2.45) is 0 Å². The second kappa shape index (κ2) is 10.2. The van der Waals surface area contributed by atoms with Gasteiger partial charge in [0.1, 0.15) is 5.75 Å². The van der Waals surface area contributed by atoms with Crippen LogP contribution < -0.4 is 4.74 Å². The van der Waals surface area contributed by atoms with Crippen molar-refractivity contribution in [3.63, 3.8) is 0 Å². The number of nitrogens with zero attached hydrogens (tertiary/aromatic N) is 1. The van der Waals surface area contributed by atoms with Gasteiger partial charge in [0.25, 0.3) is 0 Å². The van der Waals surface area contributed by atoms with Gasteiger partial charge in [0.05, 0.1) is 17.8 Å². The molecule has 1 aliphatic carbocycles. The summed E-state index contributed by atoms with van der Waals surface area (Å²) < 4.78 is 5.68. The van der Waals surface area contributed by atoms with Crippen molar-refractivity contribution in [1.29, 1.82) is 0 Å². The van der Waals surface area contributed by atoms with Crippen molar-refractivity contribution in [3.05, 3.63) is 112 Å². The molecule has 0 spiro atoms. The highest BCUT2D eigenvalue weighted by Crippen LogP contribution is 2.43. The first-order valence-electron chi connectivity index (χ1n) is 10.5. The Bertz CT molecular complexity index is 1160. The number of carbonyl (C=O) groups is 1. The number of rotatable bonds is 8. The van der Waals surface area contributed by atoms with E-state index in [1.54, 1.807) is 17.4 Å². The number of ketones is 1. The predicted molar refractivity (Wildman–Crippen MR) is 136 cm³/mol. The number of hydrogen-bond donors (Lipinski definition) is 0. The highest BCUT2D eigenvalue weighted by molar-refractivity contribution is 9.09. The van der Waals surface area contributed by atoms with E-state index in [9.17, 15) is 4.79 Å². The topological polar surface area (TPSA) is 39.2 Å². The average Bonchev–Trinajstić information content (AvgIpc) is 3.29. The van der Waals surface area contributed by atoms with E-state index in [-0.39, 0.29) is 5.78 Å². The van der Waals surface area contributed by atoms with Gasteiger partial charge in [0.15, 0.2) is 5.78 Å². The molecular formula is C27H24BrNO2S. The van der Waals surface area contributed by atoms with Crippen molar-refractivity contribution in [3.8, 4) is 5.75 Å². The van der Waals surface area contributed by atoms with Crippen LogP contribution in [0.1, 0.15) is 32.9 Å². The molecule has 1 aromatic heterocycles. The molecule has 162 valence electrons. The molecule has 0 aliphatic heterocycles. The number of aromatic nitrogens is 1. The molecular weight excluding hydrogens is 482 g/mol. The summed E-state index contributed by atoms with van der Waals surface area (Å²) in [5.41, 5.74) is 5.51. The van der Waals surface area contributed by atoms with E-state index in [1.165, 1.54) is 5.57 Å². The van der Waals surface area contributed by atoms with Crippen LogP contribution in [0.3, 0.4) is 0 Å². The standard InChI is InChI=1S/C27H24BrNO2S/c1-20-26(32-19-29-20)27(15-13-25(30)22-6-3-2-4-7-22)14-5-8-23(18-27)21-9-11-24(12-10-21)31-17-16-28/h2-15,19H,16-18H2,1H3/b15-13+. The maximum absolute atomic E-state index is 12.8. The third-order valence-corrected chi connectivity index (χ3v) is 6.95. The summed E-state index contributed by atoms with van der Waals surface area (Å²) in [6.07, 6.45) is 10.9. The van der Waals surface area contributed by atoms with Gasteiger partial charge in [-0.25, -0.2) is 4.98 Å². The van der Waals surface area contributed by atoms with E-state index >= 15 is 0 Å². The number of allylic oxidation sites excluding steroid dienone is 6. The van der Waals surface area contributed by atoms with Crippen LogP contribution in [0.5, 0.6) is 5.75 Å². The van der Waals surface area contributed by atoms with Crippen LogP contribution in [0.15, 0.2) is 90.5 Å². The molecule has 0 N–H and O–H groups in total. The summed E-state index contributed by atoms with van der Waals surface area (Å²) in [5, 5.41) is 0.801. The molecule has 0 bridgehead atoms. The van der Waals surface area contributed by atoms with E-state index < -0.39 is 5.41 Å². The first-order valence-corrected chi connectivity index (χ1v) is 12.5. The van der Waals surface area contributed by atoms with Crippen LogP contribution in [0.2, 0.25) is 0 Å². The lowest BCUT2D eigenvalue weighted by molar-refractivity contribution is 0.104. The highest BCUT2D eigenvalue weighted by atomic mass is 79.9. The lowest BCUT2D eigenvalue weighted by atomic mass is 9.74. The molecule has 0 amide bonds. The number of benzene rings is 2. The maximum atomic E-state index is 12.8. The number of hydrogen-bond acceptors (Lipinski definition) is 4. The first kappa shape index (κ1) is 22.4. The van der Waals surface area contributed by atoms with E-state index in [1.807, 2.05) is 61.0 Å². The Kier molecular flexibility index (Phi) is 7.18. The van der Waals surface area contributed by atoms with E-state index in [0.717, 1.165) is 33.6 Å². The molecule has 1 atom stereocenters. The Morgan fingerprint density at radius 1 is 1.19 bits per heavy atom. The third-order valence-electron chi connectivity index (χ3n) is 5.50. The normalized spacial score (nSPS) is 18.0. The van der Waals surface area contributed by atoms with Gasteiger partial charge in [-0.05, 0) is 42.7 Å². The number of thiazole rings is 1. The van der Waals surface area contributed by atoms with Gasteiger partial charge in [0, 0.05) is 21.2 Å². The zero-order valence-corrected chi connectivity index (χ0v) is 20.2. The lowest BCUT2D eigenvalue weighted by Gasteiger charge is -2.31. The van der Waals surface area contributed by atoms with Gasteiger partial charge in [-0.3, -0.25) is 4.79 Å². The molecule has 1 heterocycles. The van der Waals surface area contributed by atoms with Gasteiger partial charge in [-0.15, -0.1) is 11.3 Å². The number of halogens is 1. The van der Waals surface area contributed by atoms with Crippen molar-refractivity contribution in [1.82, 2.24) is 4.98 Å². The number of alkyl halides is 1. The number of carbonyl (C=O) groups excluding carboxylic acids is 1. The number of ether oxygens (including phenoxy) is 1. The Hall–Kier alpha value is -2.76. The molecule has 0 radical (unpaired) electrons. The summed E-state index contributed by atoms with van der Waals surface area (Å²) in [5.74, 6) is 0.864. The largest absolute Gasteiger partial charge is 0.493 e. The first-order chi connectivity index (χ1) is 15.6. The quantitative estimate of drug-likeness (QED) is 0.189. The Balaban J connectivity index is 1.64. The summed E-state index contributed by atoms with van der Waals surface area (Å²) in [4.78, 5) is 18.5. The zero-order chi connectivity index (χ0) is 22.4. The van der Waals surface area contributed by atoms with Gasteiger partial charge >= 0.3 is 0 Å². The molecule has 5 heteroatoms. The van der Waals surface area contributed by atoms with E-state index in [2.05, 4.69) is 51.3 Å². The fourth-order valence-electron chi connectivity index (χ4n) is 3.91. The Morgan fingerprint density at radius 2 is 1.97 bits per heavy atom. The molecule has 0 saturated heterocycles. The minimum absolute atomic E-state index is 0.00457. The van der Waals surface area contributed by atoms with Crippen LogP contribution in [0, 0.1) is 6.92 Å². The molecule has 3 nitrogen and oxygen atoms in total. The minimum atomic E-state index is -0.412. The molecule has 3 aromatic rings. The van der Waals surface area contributed by atoms with Gasteiger partial charge in [-0.1, -0.05) is 82.7 Å². The SMILES string of the molecule is Cc1ncsc1C1(/C=C/C(=O)c2ccccc2)C=CC=C(c2ccc(OCCBr)cc2)C1. The van der Waals surface area contributed by atoms with Gasteiger partial charge in [0.2, 0.25) is 0 Å². The summed E-state index contributed by atoms with van der Waals surface area (Å²) in [6.45, 7) is 2.67. The average molecular weight is 506 g/mol. The highest BCUT2D eigenvalue weighted by Gasteiger charge is 2.33. The van der Waals surface area contributed by atoms with Crippen LogP contribution in [0.25, 0.3) is 5.57 Å². The molecule has 1 unspecified atom stereocenters. The van der Waals surface area contributed by atoms with E-state index in [4.69, 9.17) is 4.74 Å². The lowest BCUT2D eigenvalue weighted by Crippen LogP contribution is -2.23. The molecule has 32 heavy (non-hydrogen) atoms. The van der Waals surface area contributed by atoms with Crippen LogP contribution >= 0.6 is 27.3 Å². The predicted octanol–water partition coefficient (Wildman–Crippen LogP) is 6.95. The molecule has 4 rings (SSSR count). The second-order valence-corrected chi connectivity index (χ2v) is 9.31. The van der Waals surface area contributed by atoms with Crippen molar-refractivity contribution < 1.29 is 9.53 Å². The summed E-state index contributed by atoms with van der Waals surface area (Å²) in [6, 6.07) is 17.6. The third kappa shape index (κ3) is 5.00. The fraction of sp³-hybridized carbons (Fsp3) is 0.185. The van der Waals surface area contributed by atoms with E-state index in [0.29, 0.717) is 12.2 Å². The van der Waals surface area contributed by atoms with Crippen molar-refractivity contribution >= 4 is 38.6 Å². The Morgan fingerprint density at radius 3 is 2.66 bits per heavy atom. The summed E-state index contributed by atoms with van der Waals surface area (Å²) >= 11 is 5.02. The Labute approximate surface area is 201 Å².